The van der Waals surface area contributed by atoms with Gasteiger partial charge in [-0.2, -0.15) is 11.8 Å². The van der Waals surface area contributed by atoms with E-state index >= 15 is 0 Å². The molecule has 1 rings (SSSR count). The number of carboxylic acid groups (broad SMARTS) is 1. The second-order valence-corrected chi connectivity index (χ2v) is 13.1. The van der Waals surface area contributed by atoms with E-state index in [0.717, 1.165) is 5.56 Å². The molecule has 7 N–H and O–H groups in total. The fourth-order valence-corrected chi connectivity index (χ4v) is 4.75. The average Bonchev–Trinajstić information content (AvgIpc) is 2.93. The van der Waals surface area contributed by atoms with Crippen molar-refractivity contribution in [2.24, 2.45) is 11.7 Å². The summed E-state index contributed by atoms with van der Waals surface area (Å²) in [5.74, 6) is -2.42. The molecular formula is C31H51N5O7S. The van der Waals surface area contributed by atoms with Crippen LogP contribution in [-0.4, -0.2) is 83.2 Å². The highest BCUT2D eigenvalue weighted by Crippen LogP contribution is 2.12. The lowest BCUT2D eigenvalue weighted by atomic mass is 10.00. The Morgan fingerprint density at radius 3 is 1.95 bits per heavy atom. The Morgan fingerprint density at radius 2 is 1.41 bits per heavy atom. The standard InChI is InChI=1S/C31H51N5O7S/c1-20(2)18-24(34-26(37)22(15-17-44-6)36-30(42)43-31(3,4)5)27(38)35-25(19-21-12-8-7-9-13-21)28(39)33-23(29(40)41)14-10-11-16-32/h7-9,12-13,20,22-25H,10-11,14-19,32H2,1-6H3,(H,33,39)(H,34,37)(H,35,38)(H,36,42)(H,40,41)/t22-,23-,24-,25-/m0/s1. The highest BCUT2D eigenvalue weighted by molar-refractivity contribution is 7.98. The molecule has 0 saturated heterocycles. The Bertz CT molecular complexity index is 1070. The van der Waals surface area contributed by atoms with Crippen molar-refractivity contribution in [1.29, 1.82) is 0 Å². The first-order valence-corrected chi connectivity index (χ1v) is 16.4. The number of amides is 4. The summed E-state index contributed by atoms with van der Waals surface area (Å²) >= 11 is 1.50. The van der Waals surface area contributed by atoms with E-state index in [9.17, 15) is 29.1 Å². The molecule has 0 aliphatic heterocycles. The van der Waals surface area contributed by atoms with Crippen molar-refractivity contribution in [3.63, 3.8) is 0 Å². The molecule has 0 aliphatic rings. The summed E-state index contributed by atoms with van der Waals surface area (Å²) in [7, 11) is 0. The number of hydrogen-bond donors (Lipinski definition) is 6. The van der Waals surface area contributed by atoms with E-state index < -0.39 is 59.6 Å². The Hall–Kier alpha value is -3.32. The van der Waals surface area contributed by atoms with E-state index in [1.807, 2.05) is 26.2 Å². The highest BCUT2D eigenvalue weighted by atomic mass is 32.2. The smallest absolute Gasteiger partial charge is 0.408 e. The molecule has 4 amide bonds. The molecule has 4 atom stereocenters. The maximum Gasteiger partial charge on any atom is 0.408 e. The first kappa shape index (κ1) is 38.7. The third-order valence-electron chi connectivity index (χ3n) is 6.44. The van der Waals surface area contributed by atoms with Gasteiger partial charge >= 0.3 is 12.1 Å². The van der Waals surface area contributed by atoms with Crippen molar-refractivity contribution >= 4 is 41.5 Å². The number of rotatable bonds is 19. The number of thioether (sulfide) groups is 1. The number of unbranched alkanes of at least 4 members (excludes halogenated alkanes) is 1. The van der Waals surface area contributed by atoms with Gasteiger partial charge in [-0.05, 0) is 82.9 Å². The topological polar surface area (TPSA) is 189 Å². The zero-order chi connectivity index (χ0) is 33.3. The molecule has 0 spiro atoms. The van der Waals surface area contributed by atoms with E-state index in [4.69, 9.17) is 10.5 Å². The van der Waals surface area contributed by atoms with Gasteiger partial charge in [0.15, 0.2) is 0 Å². The lowest BCUT2D eigenvalue weighted by Gasteiger charge is -2.27. The summed E-state index contributed by atoms with van der Waals surface area (Å²) in [6.45, 7) is 9.34. The van der Waals surface area contributed by atoms with Crippen LogP contribution in [0.2, 0.25) is 0 Å². The second kappa shape index (κ2) is 19.9. The van der Waals surface area contributed by atoms with Crippen LogP contribution >= 0.6 is 11.8 Å². The summed E-state index contributed by atoms with van der Waals surface area (Å²) < 4.78 is 5.32. The van der Waals surface area contributed by atoms with Crippen LogP contribution in [0.4, 0.5) is 4.79 Å². The number of carbonyl (C=O) groups excluding carboxylic acids is 4. The Kier molecular flexibility index (Phi) is 17.5. The molecule has 0 fully saturated rings. The fourth-order valence-electron chi connectivity index (χ4n) is 4.28. The molecule has 0 heterocycles. The Morgan fingerprint density at radius 1 is 0.841 bits per heavy atom. The van der Waals surface area contributed by atoms with Gasteiger partial charge in [-0.3, -0.25) is 14.4 Å². The number of alkyl carbamates (subject to hydrolysis) is 1. The SMILES string of the molecule is CSCC[C@H](NC(=O)OC(C)(C)C)C(=O)N[C@@H](CC(C)C)C(=O)N[C@@H](Cc1ccccc1)C(=O)N[C@@H](CCCCN)C(=O)O. The van der Waals surface area contributed by atoms with Gasteiger partial charge in [0.1, 0.15) is 29.8 Å². The van der Waals surface area contributed by atoms with Crippen molar-refractivity contribution in [3.05, 3.63) is 35.9 Å². The molecule has 1 aromatic carbocycles. The Labute approximate surface area is 265 Å². The van der Waals surface area contributed by atoms with Gasteiger partial charge in [0.05, 0.1) is 0 Å². The number of aliphatic carboxylic acids is 1. The number of nitrogens with two attached hydrogens (primary N) is 1. The maximum atomic E-state index is 13.6. The van der Waals surface area contributed by atoms with E-state index in [0.29, 0.717) is 31.6 Å². The highest BCUT2D eigenvalue weighted by Gasteiger charge is 2.32. The summed E-state index contributed by atoms with van der Waals surface area (Å²) in [4.78, 5) is 64.7. The fraction of sp³-hybridized carbons (Fsp3) is 0.645. The molecule has 0 aromatic heterocycles. The van der Waals surface area contributed by atoms with Crippen LogP contribution < -0.4 is 27.0 Å². The lowest BCUT2D eigenvalue weighted by Crippen LogP contribution is -2.58. The molecule has 12 nitrogen and oxygen atoms in total. The summed E-state index contributed by atoms with van der Waals surface area (Å²) in [5, 5.41) is 20.3. The Balaban J connectivity index is 3.19. The normalized spacial score (nSPS) is 14.1. The zero-order valence-electron chi connectivity index (χ0n) is 26.8. The molecular weight excluding hydrogens is 586 g/mol. The number of carbonyl (C=O) groups is 5. The van der Waals surface area contributed by atoms with E-state index in [2.05, 4.69) is 21.3 Å². The molecule has 0 radical (unpaired) electrons. The molecule has 0 bridgehead atoms. The second-order valence-electron chi connectivity index (χ2n) is 12.1. The van der Waals surface area contributed by atoms with Crippen LogP contribution in [-0.2, 0) is 30.3 Å². The molecule has 1 aromatic rings. The third-order valence-corrected chi connectivity index (χ3v) is 7.08. The summed E-state index contributed by atoms with van der Waals surface area (Å²) in [5.41, 5.74) is 5.52. The minimum Gasteiger partial charge on any atom is -0.480 e. The minimum absolute atomic E-state index is 0.00477. The van der Waals surface area contributed by atoms with Crippen molar-refractivity contribution in [2.45, 2.75) is 103 Å². The van der Waals surface area contributed by atoms with Crippen molar-refractivity contribution in [2.75, 3.05) is 18.6 Å². The molecule has 0 saturated carbocycles. The van der Waals surface area contributed by atoms with Crippen LogP contribution in [0.15, 0.2) is 30.3 Å². The first-order valence-electron chi connectivity index (χ1n) is 15.0. The van der Waals surface area contributed by atoms with Gasteiger partial charge in [0.2, 0.25) is 17.7 Å². The average molecular weight is 638 g/mol. The van der Waals surface area contributed by atoms with Gasteiger partial charge in [-0.1, -0.05) is 44.2 Å². The van der Waals surface area contributed by atoms with Crippen molar-refractivity contribution in [3.8, 4) is 0 Å². The lowest BCUT2D eigenvalue weighted by molar-refractivity contribution is -0.142. The number of hydrogen-bond acceptors (Lipinski definition) is 8. The monoisotopic (exact) mass is 637 g/mol. The van der Waals surface area contributed by atoms with Crippen LogP contribution in [0.25, 0.3) is 0 Å². The van der Waals surface area contributed by atoms with Crippen LogP contribution in [0.1, 0.15) is 72.3 Å². The van der Waals surface area contributed by atoms with Crippen LogP contribution in [0, 0.1) is 5.92 Å². The predicted molar refractivity (Wildman–Crippen MR) is 172 cm³/mol. The van der Waals surface area contributed by atoms with Gasteiger partial charge in [0, 0.05) is 6.42 Å². The third kappa shape index (κ3) is 15.9. The molecule has 13 heteroatoms. The number of nitrogens with one attached hydrogen (secondary N) is 4. The van der Waals surface area contributed by atoms with Gasteiger partial charge in [-0.15, -0.1) is 0 Å². The van der Waals surface area contributed by atoms with E-state index in [-0.39, 0.29) is 25.2 Å². The van der Waals surface area contributed by atoms with Gasteiger partial charge in [0.25, 0.3) is 0 Å². The number of benzene rings is 1. The van der Waals surface area contributed by atoms with Crippen LogP contribution in [0.3, 0.4) is 0 Å². The van der Waals surface area contributed by atoms with Gasteiger partial charge < -0.3 is 36.8 Å². The molecule has 0 unspecified atom stereocenters. The van der Waals surface area contributed by atoms with Gasteiger partial charge in [-0.25, -0.2) is 9.59 Å². The van der Waals surface area contributed by atoms with Crippen molar-refractivity contribution < 1.29 is 33.8 Å². The van der Waals surface area contributed by atoms with Crippen molar-refractivity contribution in [1.82, 2.24) is 21.3 Å². The number of ether oxygens (including phenoxy) is 1. The van der Waals surface area contributed by atoms with E-state index in [1.165, 1.54) is 11.8 Å². The summed E-state index contributed by atoms with van der Waals surface area (Å²) in [6.07, 6.45) is 3.12. The molecule has 0 aliphatic carbocycles. The minimum atomic E-state index is -1.18. The number of carboxylic acids is 1. The van der Waals surface area contributed by atoms with Crippen LogP contribution in [0.5, 0.6) is 0 Å². The molecule has 44 heavy (non-hydrogen) atoms. The summed E-state index contributed by atoms with van der Waals surface area (Å²) in [6, 6.07) is 4.79. The maximum absolute atomic E-state index is 13.6. The largest absolute Gasteiger partial charge is 0.480 e. The first-order chi connectivity index (χ1) is 20.7. The quantitative estimate of drug-likeness (QED) is 0.124. The predicted octanol–water partition coefficient (Wildman–Crippen LogP) is 2.59. The molecule has 248 valence electrons. The van der Waals surface area contributed by atoms with E-state index in [1.54, 1.807) is 45.0 Å². The zero-order valence-corrected chi connectivity index (χ0v) is 27.6.